The van der Waals surface area contributed by atoms with Crippen LogP contribution in [0.4, 0.5) is 0 Å². The highest BCUT2D eigenvalue weighted by atomic mass is 32.2. The van der Waals surface area contributed by atoms with E-state index in [0.29, 0.717) is 5.92 Å². The van der Waals surface area contributed by atoms with Crippen molar-refractivity contribution in [2.75, 3.05) is 0 Å². The molecule has 0 amide bonds. The van der Waals surface area contributed by atoms with Gasteiger partial charge in [-0.25, -0.2) is 8.93 Å². The lowest BCUT2D eigenvalue weighted by atomic mass is 9.82. The maximum atomic E-state index is 12.5. The highest BCUT2D eigenvalue weighted by Gasteiger charge is 2.34. The third kappa shape index (κ3) is 6.21. The van der Waals surface area contributed by atoms with Gasteiger partial charge >= 0.3 is 5.97 Å². The molecule has 4 atom stereocenters. The zero-order valence-corrected chi connectivity index (χ0v) is 15.5. The summed E-state index contributed by atoms with van der Waals surface area (Å²) in [5.41, 5.74) is 0. The van der Waals surface area contributed by atoms with Crippen molar-refractivity contribution in [3.8, 4) is 0 Å². The Bertz CT molecular complexity index is 426. The number of rotatable bonds is 6. The van der Waals surface area contributed by atoms with Crippen LogP contribution in [0.3, 0.4) is 0 Å². The number of hydrogen-bond acceptors (Lipinski definition) is 3. The predicted molar refractivity (Wildman–Crippen MR) is 91.7 cm³/mol. The van der Waals surface area contributed by atoms with Crippen molar-refractivity contribution in [3.05, 3.63) is 12.2 Å². The molecule has 0 aromatic carbocycles. The molecular formula is C17H31NO3S. The molecule has 0 bridgehead atoms. The van der Waals surface area contributed by atoms with Crippen LogP contribution in [0.2, 0.25) is 0 Å². The van der Waals surface area contributed by atoms with Gasteiger partial charge in [0.05, 0.1) is 15.7 Å². The summed E-state index contributed by atoms with van der Waals surface area (Å²) in [6.07, 6.45) is 6.65. The fourth-order valence-electron chi connectivity index (χ4n) is 2.71. The van der Waals surface area contributed by atoms with Crippen LogP contribution in [-0.2, 0) is 20.5 Å². The fourth-order valence-corrected chi connectivity index (χ4v) is 3.61. The van der Waals surface area contributed by atoms with Gasteiger partial charge < -0.3 is 4.74 Å². The monoisotopic (exact) mass is 329 g/mol. The average molecular weight is 330 g/mol. The van der Waals surface area contributed by atoms with Crippen LogP contribution in [0, 0.1) is 11.8 Å². The molecule has 1 aliphatic rings. The van der Waals surface area contributed by atoms with E-state index in [1.807, 2.05) is 26.8 Å². The van der Waals surface area contributed by atoms with Gasteiger partial charge in [0, 0.05) is 18.9 Å². The Labute approximate surface area is 137 Å². The molecule has 1 aliphatic carbocycles. The Kier molecular flexibility index (Phi) is 7.26. The second-order valence-electron chi connectivity index (χ2n) is 7.48. The first-order chi connectivity index (χ1) is 10.1. The van der Waals surface area contributed by atoms with E-state index >= 15 is 0 Å². The van der Waals surface area contributed by atoms with Gasteiger partial charge in [-0.05, 0) is 52.0 Å². The molecule has 1 unspecified atom stereocenters. The highest BCUT2D eigenvalue weighted by Crippen LogP contribution is 2.29. The van der Waals surface area contributed by atoms with Gasteiger partial charge in [0.2, 0.25) is 0 Å². The highest BCUT2D eigenvalue weighted by molar-refractivity contribution is 7.84. The number of esters is 1. The Morgan fingerprint density at radius 1 is 1.41 bits per heavy atom. The normalized spacial score (nSPS) is 25.0. The summed E-state index contributed by atoms with van der Waals surface area (Å²) >= 11 is 0. The molecule has 0 aromatic heterocycles. The van der Waals surface area contributed by atoms with E-state index in [0.717, 1.165) is 19.3 Å². The standard InChI is InChI=1S/C17H31NO3S/c1-12(2)11-15(18-22(20)17(4,5)6)14-9-7-8-10-16(14)21-13(3)19/h8,10,12,14-16,18H,7,9,11H2,1-6H3/t14-,15-,16-,22?/m1/s1. The van der Waals surface area contributed by atoms with Crippen LogP contribution in [0.15, 0.2) is 12.2 Å². The lowest BCUT2D eigenvalue weighted by Gasteiger charge is -2.36. The number of carbonyl (C=O) groups is 1. The minimum Gasteiger partial charge on any atom is -0.458 e. The van der Waals surface area contributed by atoms with Gasteiger partial charge in [-0.1, -0.05) is 19.9 Å². The van der Waals surface area contributed by atoms with Gasteiger partial charge in [0.15, 0.2) is 0 Å². The summed E-state index contributed by atoms with van der Waals surface area (Å²) in [5, 5.41) is 0. The second-order valence-corrected chi connectivity index (χ2v) is 9.48. The lowest BCUT2D eigenvalue weighted by Crippen LogP contribution is -2.48. The zero-order valence-electron chi connectivity index (χ0n) is 14.7. The SMILES string of the molecule is CC(=O)O[C@@H]1C=CCC[C@@H]1[C@@H](CC(C)C)NS(=O)C(C)(C)C. The maximum absolute atomic E-state index is 12.5. The van der Waals surface area contributed by atoms with Crippen molar-refractivity contribution in [1.82, 2.24) is 4.72 Å². The predicted octanol–water partition coefficient (Wildman–Crippen LogP) is 3.35. The molecule has 4 nitrogen and oxygen atoms in total. The van der Waals surface area contributed by atoms with E-state index in [4.69, 9.17) is 4.74 Å². The second kappa shape index (κ2) is 8.25. The summed E-state index contributed by atoms with van der Waals surface area (Å²) in [4.78, 5) is 11.3. The molecule has 0 fully saturated rings. The summed E-state index contributed by atoms with van der Waals surface area (Å²) < 4.78 is 21.0. The van der Waals surface area contributed by atoms with Crippen LogP contribution in [0.1, 0.15) is 60.8 Å². The quantitative estimate of drug-likeness (QED) is 0.600. The van der Waals surface area contributed by atoms with Gasteiger partial charge in [0.1, 0.15) is 6.10 Å². The van der Waals surface area contributed by atoms with E-state index in [2.05, 4.69) is 24.6 Å². The number of allylic oxidation sites excluding steroid dienone is 1. The molecule has 0 aromatic rings. The molecule has 1 rings (SSSR count). The molecule has 0 radical (unpaired) electrons. The maximum Gasteiger partial charge on any atom is 0.303 e. The molecule has 0 aliphatic heterocycles. The summed E-state index contributed by atoms with van der Waals surface area (Å²) in [7, 11) is -1.13. The van der Waals surface area contributed by atoms with Crippen LogP contribution in [-0.4, -0.2) is 27.1 Å². The number of hydrogen-bond donors (Lipinski definition) is 1. The van der Waals surface area contributed by atoms with Crippen molar-refractivity contribution < 1.29 is 13.7 Å². The Balaban J connectivity index is 2.91. The largest absolute Gasteiger partial charge is 0.458 e. The van der Waals surface area contributed by atoms with Gasteiger partial charge in [-0.15, -0.1) is 0 Å². The molecule has 0 saturated carbocycles. The van der Waals surface area contributed by atoms with E-state index in [-0.39, 0.29) is 28.8 Å². The van der Waals surface area contributed by atoms with Gasteiger partial charge in [-0.2, -0.15) is 0 Å². The molecule has 0 heterocycles. The Morgan fingerprint density at radius 3 is 2.55 bits per heavy atom. The molecule has 0 spiro atoms. The van der Waals surface area contributed by atoms with Crippen molar-refractivity contribution in [2.24, 2.45) is 11.8 Å². The third-order valence-corrected chi connectivity index (χ3v) is 5.40. The number of ether oxygens (including phenoxy) is 1. The van der Waals surface area contributed by atoms with E-state index in [1.165, 1.54) is 6.92 Å². The molecule has 0 saturated heterocycles. The molecule has 5 heteroatoms. The Hall–Kier alpha value is -0.680. The van der Waals surface area contributed by atoms with E-state index in [9.17, 15) is 9.00 Å². The van der Waals surface area contributed by atoms with Crippen LogP contribution in [0.25, 0.3) is 0 Å². The third-order valence-electron chi connectivity index (χ3n) is 3.77. The van der Waals surface area contributed by atoms with Crippen LogP contribution < -0.4 is 4.72 Å². The first-order valence-corrected chi connectivity index (χ1v) is 9.28. The van der Waals surface area contributed by atoms with Crippen molar-refractivity contribution >= 4 is 17.0 Å². The smallest absolute Gasteiger partial charge is 0.303 e. The van der Waals surface area contributed by atoms with Crippen molar-refractivity contribution in [3.63, 3.8) is 0 Å². The van der Waals surface area contributed by atoms with Gasteiger partial charge in [-0.3, -0.25) is 4.79 Å². The van der Waals surface area contributed by atoms with Crippen molar-refractivity contribution in [1.29, 1.82) is 0 Å². The van der Waals surface area contributed by atoms with Gasteiger partial charge in [0.25, 0.3) is 0 Å². The van der Waals surface area contributed by atoms with E-state index < -0.39 is 11.0 Å². The molecule has 128 valence electrons. The summed E-state index contributed by atoms with van der Waals surface area (Å²) in [6, 6.07) is 0.0781. The van der Waals surface area contributed by atoms with Crippen molar-refractivity contribution in [2.45, 2.75) is 77.7 Å². The average Bonchev–Trinajstić information content (AvgIpc) is 2.36. The first kappa shape index (κ1) is 19.4. The Morgan fingerprint density at radius 2 is 2.05 bits per heavy atom. The van der Waals surface area contributed by atoms with Crippen LogP contribution >= 0.6 is 0 Å². The summed E-state index contributed by atoms with van der Waals surface area (Å²) in [5.74, 6) is 0.391. The molecular weight excluding hydrogens is 298 g/mol. The first-order valence-electron chi connectivity index (χ1n) is 8.13. The minimum atomic E-state index is -1.13. The van der Waals surface area contributed by atoms with Crippen LogP contribution in [0.5, 0.6) is 0 Å². The minimum absolute atomic E-state index is 0.0781. The van der Waals surface area contributed by atoms with E-state index in [1.54, 1.807) is 0 Å². The molecule has 1 N–H and O–H groups in total. The number of nitrogens with one attached hydrogen (secondary N) is 1. The zero-order chi connectivity index (χ0) is 16.9. The number of carbonyl (C=O) groups excluding carboxylic acids is 1. The topological polar surface area (TPSA) is 55.4 Å². The summed E-state index contributed by atoms with van der Waals surface area (Å²) in [6.45, 7) is 11.7. The lowest BCUT2D eigenvalue weighted by molar-refractivity contribution is -0.147. The fraction of sp³-hybridized carbons (Fsp3) is 0.824. The molecule has 22 heavy (non-hydrogen) atoms.